The number of ether oxygens (including phenoxy) is 1. The lowest BCUT2D eigenvalue weighted by Crippen LogP contribution is -2.43. The molecule has 3 rings (SSSR count). The van der Waals surface area contributed by atoms with Gasteiger partial charge in [0.25, 0.3) is 0 Å². The van der Waals surface area contributed by atoms with Crippen molar-refractivity contribution in [2.45, 2.75) is 37.8 Å². The van der Waals surface area contributed by atoms with E-state index in [1.165, 1.54) is 16.4 Å². The maximum absolute atomic E-state index is 12.9. The van der Waals surface area contributed by atoms with Gasteiger partial charge < -0.3 is 10.1 Å². The largest absolute Gasteiger partial charge is 0.492 e. The minimum atomic E-state index is -4.40. The molecule has 0 aromatic heterocycles. The standard InChI is InChI=1S/C23H27F3N2O4S/c1-16-3-8-21(15-17(16)2)33(30,31)28-12-9-18(10-13-28)22(29)27-11-14-32-20-6-4-19(5-7-20)23(24,25)26/h3-8,15,18H,9-14H2,1-2H3,(H,27,29). The van der Waals surface area contributed by atoms with Crippen LogP contribution in [0.4, 0.5) is 13.2 Å². The molecule has 0 radical (unpaired) electrons. The number of halogens is 3. The van der Waals surface area contributed by atoms with Gasteiger partial charge in [0.1, 0.15) is 12.4 Å². The Kier molecular flexibility index (Phi) is 7.69. The third-order valence-electron chi connectivity index (χ3n) is 5.79. The molecule has 0 unspecified atom stereocenters. The summed E-state index contributed by atoms with van der Waals surface area (Å²) in [5, 5.41) is 2.75. The van der Waals surface area contributed by atoms with Gasteiger partial charge in [0, 0.05) is 19.0 Å². The SMILES string of the molecule is Cc1ccc(S(=O)(=O)N2CCC(C(=O)NCCOc3ccc(C(F)(F)F)cc3)CC2)cc1C. The Hall–Kier alpha value is -2.59. The van der Waals surface area contributed by atoms with Crippen LogP contribution >= 0.6 is 0 Å². The number of nitrogens with zero attached hydrogens (tertiary/aromatic N) is 1. The third kappa shape index (κ3) is 6.26. The highest BCUT2D eigenvalue weighted by atomic mass is 32.2. The highest BCUT2D eigenvalue weighted by Crippen LogP contribution is 2.30. The van der Waals surface area contributed by atoms with Crippen molar-refractivity contribution in [1.29, 1.82) is 0 Å². The number of benzene rings is 2. The molecule has 0 spiro atoms. The van der Waals surface area contributed by atoms with Crippen molar-refractivity contribution >= 4 is 15.9 Å². The summed E-state index contributed by atoms with van der Waals surface area (Å²) >= 11 is 0. The smallest absolute Gasteiger partial charge is 0.416 e. The number of alkyl halides is 3. The van der Waals surface area contributed by atoms with Crippen molar-refractivity contribution in [2.75, 3.05) is 26.2 Å². The van der Waals surface area contributed by atoms with Gasteiger partial charge in [0.05, 0.1) is 17.0 Å². The third-order valence-corrected chi connectivity index (χ3v) is 7.69. The van der Waals surface area contributed by atoms with Crippen LogP contribution in [0.25, 0.3) is 0 Å². The minimum absolute atomic E-state index is 0.108. The van der Waals surface area contributed by atoms with E-state index < -0.39 is 21.8 Å². The lowest BCUT2D eigenvalue weighted by molar-refractivity contribution is -0.137. The van der Waals surface area contributed by atoms with Gasteiger partial charge in [-0.15, -0.1) is 0 Å². The fraction of sp³-hybridized carbons (Fsp3) is 0.435. The summed E-state index contributed by atoms with van der Waals surface area (Å²) in [7, 11) is -3.60. The first-order valence-electron chi connectivity index (χ1n) is 10.6. The average molecular weight is 485 g/mol. The van der Waals surface area contributed by atoms with E-state index in [1.54, 1.807) is 18.2 Å². The highest BCUT2D eigenvalue weighted by Gasteiger charge is 2.32. The summed E-state index contributed by atoms with van der Waals surface area (Å²) in [6.07, 6.45) is -3.58. The molecule has 1 aliphatic rings. The fourth-order valence-corrected chi connectivity index (χ4v) is 5.16. The number of rotatable bonds is 7. The molecular formula is C23H27F3N2O4S. The zero-order chi connectivity index (χ0) is 24.2. The van der Waals surface area contributed by atoms with Crippen LogP contribution in [0.5, 0.6) is 5.75 Å². The van der Waals surface area contributed by atoms with E-state index in [0.29, 0.717) is 12.8 Å². The molecule has 1 heterocycles. The topological polar surface area (TPSA) is 75.7 Å². The van der Waals surface area contributed by atoms with Crippen LogP contribution < -0.4 is 10.1 Å². The highest BCUT2D eigenvalue weighted by molar-refractivity contribution is 7.89. The quantitative estimate of drug-likeness (QED) is 0.605. The van der Waals surface area contributed by atoms with Crippen LogP contribution in [-0.2, 0) is 21.0 Å². The minimum Gasteiger partial charge on any atom is -0.492 e. The molecule has 2 aromatic rings. The Morgan fingerprint density at radius 3 is 2.27 bits per heavy atom. The second kappa shape index (κ2) is 10.1. The fourth-order valence-electron chi connectivity index (χ4n) is 3.61. The summed E-state index contributed by atoms with van der Waals surface area (Å²) < 4.78 is 70.3. The summed E-state index contributed by atoms with van der Waals surface area (Å²) in [6.45, 7) is 4.61. The molecule has 1 saturated heterocycles. The molecule has 1 fully saturated rings. The van der Waals surface area contributed by atoms with E-state index in [2.05, 4.69) is 5.32 Å². The van der Waals surface area contributed by atoms with Crippen LogP contribution in [0.3, 0.4) is 0 Å². The number of hydrogen-bond donors (Lipinski definition) is 1. The van der Waals surface area contributed by atoms with Gasteiger partial charge in [-0.25, -0.2) is 8.42 Å². The number of nitrogens with one attached hydrogen (secondary N) is 1. The molecule has 180 valence electrons. The van der Waals surface area contributed by atoms with Gasteiger partial charge in [-0.3, -0.25) is 4.79 Å². The number of sulfonamides is 1. The number of amides is 1. The molecule has 0 aliphatic carbocycles. The van der Waals surface area contributed by atoms with Crippen LogP contribution in [-0.4, -0.2) is 44.9 Å². The van der Waals surface area contributed by atoms with Crippen molar-refractivity contribution in [2.24, 2.45) is 5.92 Å². The van der Waals surface area contributed by atoms with Crippen LogP contribution in [0, 0.1) is 19.8 Å². The van der Waals surface area contributed by atoms with E-state index in [1.807, 2.05) is 13.8 Å². The second-order valence-electron chi connectivity index (χ2n) is 8.09. The normalized spacial score (nSPS) is 15.9. The number of hydrogen-bond acceptors (Lipinski definition) is 4. The maximum Gasteiger partial charge on any atom is 0.416 e. The Morgan fingerprint density at radius 1 is 1.06 bits per heavy atom. The molecule has 1 N–H and O–H groups in total. The predicted molar refractivity (Wildman–Crippen MR) is 117 cm³/mol. The van der Waals surface area contributed by atoms with E-state index in [-0.39, 0.29) is 48.7 Å². The van der Waals surface area contributed by atoms with Crippen LogP contribution in [0.15, 0.2) is 47.4 Å². The Morgan fingerprint density at radius 2 is 1.70 bits per heavy atom. The van der Waals surface area contributed by atoms with Crippen molar-refractivity contribution in [3.8, 4) is 5.75 Å². The van der Waals surface area contributed by atoms with Crippen LogP contribution in [0.1, 0.15) is 29.5 Å². The number of carbonyl (C=O) groups excluding carboxylic acids is 1. The molecule has 0 saturated carbocycles. The second-order valence-corrected chi connectivity index (χ2v) is 10.0. The van der Waals surface area contributed by atoms with Gasteiger partial charge in [-0.05, 0) is 74.2 Å². The Balaban J connectivity index is 1.43. The first kappa shape index (κ1) is 25.0. The van der Waals surface area contributed by atoms with Crippen molar-refractivity contribution in [3.05, 3.63) is 59.2 Å². The summed E-state index contributed by atoms with van der Waals surface area (Å²) in [5.74, 6) is -0.210. The zero-order valence-corrected chi connectivity index (χ0v) is 19.3. The lowest BCUT2D eigenvalue weighted by atomic mass is 9.97. The van der Waals surface area contributed by atoms with Gasteiger partial charge in [0.2, 0.25) is 15.9 Å². The number of piperidine rings is 1. The first-order valence-corrected chi connectivity index (χ1v) is 12.1. The van der Waals surface area contributed by atoms with Gasteiger partial charge in [0.15, 0.2) is 0 Å². The zero-order valence-electron chi connectivity index (χ0n) is 18.5. The molecule has 6 nitrogen and oxygen atoms in total. The Bertz CT molecular complexity index is 1080. The molecule has 0 bridgehead atoms. The summed E-state index contributed by atoms with van der Waals surface area (Å²) in [5.41, 5.74) is 1.17. The van der Waals surface area contributed by atoms with Gasteiger partial charge in [-0.2, -0.15) is 17.5 Å². The van der Waals surface area contributed by atoms with Crippen molar-refractivity contribution in [1.82, 2.24) is 9.62 Å². The van der Waals surface area contributed by atoms with Crippen LogP contribution in [0.2, 0.25) is 0 Å². The Labute approximate surface area is 191 Å². The average Bonchev–Trinajstić information content (AvgIpc) is 2.78. The van der Waals surface area contributed by atoms with E-state index in [4.69, 9.17) is 4.74 Å². The van der Waals surface area contributed by atoms with E-state index >= 15 is 0 Å². The molecule has 10 heteroatoms. The van der Waals surface area contributed by atoms with Gasteiger partial charge in [-0.1, -0.05) is 6.07 Å². The van der Waals surface area contributed by atoms with Gasteiger partial charge >= 0.3 is 6.18 Å². The van der Waals surface area contributed by atoms with E-state index in [9.17, 15) is 26.4 Å². The summed E-state index contributed by atoms with van der Waals surface area (Å²) in [6, 6.07) is 9.40. The molecule has 1 amide bonds. The summed E-state index contributed by atoms with van der Waals surface area (Å²) in [4.78, 5) is 12.7. The molecule has 33 heavy (non-hydrogen) atoms. The number of aryl methyl sites for hydroxylation is 2. The molecule has 0 atom stereocenters. The predicted octanol–water partition coefficient (Wildman–Crippen LogP) is 3.92. The molecule has 2 aromatic carbocycles. The van der Waals surface area contributed by atoms with Crippen molar-refractivity contribution < 1.29 is 31.1 Å². The lowest BCUT2D eigenvalue weighted by Gasteiger charge is -2.30. The monoisotopic (exact) mass is 484 g/mol. The number of carbonyl (C=O) groups is 1. The first-order chi connectivity index (χ1) is 15.5. The van der Waals surface area contributed by atoms with E-state index in [0.717, 1.165) is 23.3 Å². The van der Waals surface area contributed by atoms with Crippen molar-refractivity contribution in [3.63, 3.8) is 0 Å². The molecule has 1 aliphatic heterocycles. The maximum atomic E-state index is 12.9. The molecular weight excluding hydrogens is 457 g/mol.